The van der Waals surface area contributed by atoms with E-state index in [4.69, 9.17) is 0 Å². The first-order valence-corrected chi connectivity index (χ1v) is 6.68. The van der Waals surface area contributed by atoms with Gasteiger partial charge < -0.3 is 20.9 Å². The highest BCUT2D eigenvalue weighted by Gasteiger charge is 2.32. The van der Waals surface area contributed by atoms with Crippen LogP contribution in [0.4, 0.5) is 0 Å². The minimum atomic E-state index is -0.555. The van der Waals surface area contributed by atoms with Gasteiger partial charge in [-0.05, 0) is 19.3 Å². The highest BCUT2D eigenvalue weighted by molar-refractivity contribution is 5.94. The number of amides is 4. The summed E-state index contributed by atoms with van der Waals surface area (Å²) in [5.41, 5.74) is 0. The Kier molecular flexibility index (Phi) is 4.54. The van der Waals surface area contributed by atoms with Crippen LogP contribution in [0.25, 0.3) is 0 Å². The molecule has 0 aromatic rings. The van der Waals surface area contributed by atoms with Crippen LogP contribution in [0.5, 0.6) is 0 Å². The maximum atomic E-state index is 12.1. The van der Waals surface area contributed by atoms with Crippen molar-refractivity contribution in [3.63, 3.8) is 0 Å². The largest absolute Gasteiger partial charge is 0.346 e. The van der Waals surface area contributed by atoms with E-state index in [1.54, 1.807) is 0 Å². The molecule has 0 aromatic carbocycles. The fourth-order valence-electron chi connectivity index (χ4n) is 2.37. The summed E-state index contributed by atoms with van der Waals surface area (Å²) in [5, 5.41) is 7.32. The Morgan fingerprint density at radius 3 is 2.25 bits per heavy atom. The zero-order valence-electron chi connectivity index (χ0n) is 11.1. The van der Waals surface area contributed by atoms with E-state index in [2.05, 4.69) is 16.0 Å². The number of nitrogens with zero attached hydrogens (tertiary/aromatic N) is 1. The lowest BCUT2D eigenvalue weighted by molar-refractivity contribution is -0.143. The second-order valence-electron chi connectivity index (χ2n) is 4.87. The molecule has 2 aliphatic heterocycles. The van der Waals surface area contributed by atoms with Gasteiger partial charge in [0.1, 0.15) is 6.04 Å². The molecule has 20 heavy (non-hydrogen) atoms. The summed E-state index contributed by atoms with van der Waals surface area (Å²) < 4.78 is 0. The first-order chi connectivity index (χ1) is 9.58. The summed E-state index contributed by atoms with van der Waals surface area (Å²) in [6, 6.07) is -0.555. The van der Waals surface area contributed by atoms with Crippen LogP contribution in [0, 0.1) is 0 Å². The average molecular weight is 282 g/mol. The SMILES string of the molecule is O=C1CNC(=O)CNC(=O)C2CCCCN2C(=O)CN1. The maximum Gasteiger partial charge on any atom is 0.243 e. The van der Waals surface area contributed by atoms with Crippen molar-refractivity contribution in [2.45, 2.75) is 25.3 Å². The Bertz CT molecular complexity index is 397. The van der Waals surface area contributed by atoms with E-state index in [1.807, 2.05) is 0 Å². The van der Waals surface area contributed by atoms with Crippen LogP contribution in [-0.2, 0) is 19.2 Å². The molecule has 0 saturated carbocycles. The molecule has 0 aliphatic carbocycles. The lowest BCUT2D eigenvalue weighted by Crippen LogP contribution is -2.56. The topological polar surface area (TPSA) is 108 Å². The number of hydrogen-bond donors (Lipinski definition) is 3. The van der Waals surface area contributed by atoms with Crippen molar-refractivity contribution in [1.29, 1.82) is 0 Å². The van der Waals surface area contributed by atoms with Gasteiger partial charge in [0.25, 0.3) is 0 Å². The molecule has 3 N–H and O–H groups in total. The van der Waals surface area contributed by atoms with E-state index in [1.165, 1.54) is 4.90 Å². The third-order valence-corrected chi connectivity index (χ3v) is 3.43. The Balaban J connectivity index is 2.11. The molecule has 0 spiro atoms. The van der Waals surface area contributed by atoms with E-state index in [9.17, 15) is 19.2 Å². The zero-order valence-corrected chi connectivity index (χ0v) is 11.1. The van der Waals surface area contributed by atoms with Crippen LogP contribution in [0.3, 0.4) is 0 Å². The predicted molar refractivity (Wildman–Crippen MR) is 68.4 cm³/mol. The minimum Gasteiger partial charge on any atom is -0.346 e. The molecule has 2 aliphatic rings. The lowest BCUT2D eigenvalue weighted by atomic mass is 10.0. The molecular formula is C12H18N4O4. The van der Waals surface area contributed by atoms with Crippen molar-refractivity contribution < 1.29 is 19.2 Å². The van der Waals surface area contributed by atoms with Crippen molar-refractivity contribution >= 4 is 23.6 Å². The van der Waals surface area contributed by atoms with Gasteiger partial charge in [-0.1, -0.05) is 0 Å². The highest BCUT2D eigenvalue weighted by atomic mass is 16.2. The third-order valence-electron chi connectivity index (χ3n) is 3.43. The fourth-order valence-corrected chi connectivity index (χ4v) is 2.37. The van der Waals surface area contributed by atoms with Crippen LogP contribution in [-0.4, -0.2) is 60.7 Å². The zero-order chi connectivity index (χ0) is 14.5. The van der Waals surface area contributed by atoms with Crippen LogP contribution >= 0.6 is 0 Å². The van der Waals surface area contributed by atoms with Gasteiger partial charge in [-0.25, -0.2) is 0 Å². The minimum absolute atomic E-state index is 0.154. The normalized spacial score (nSPS) is 25.6. The van der Waals surface area contributed by atoms with Gasteiger partial charge in [0, 0.05) is 6.54 Å². The van der Waals surface area contributed by atoms with Crippen molar-refractivity contribution in [2.75, 3.05) is 26.2 Å². The summed E-state index contributed by atoms with van der Waals surface area (Å²) >= 11 is 0. The molecular weight excluding hydrogens is 264 g/mol. The van der Waals surface area contributed by atoms with Gasteiger partial charge in [0.2, 0.25) is 23.6 Å². The molecule has 4 amide bonds. The summed E-state index contributed by atoms with van der Waals surface area (Å²) in [4.78, 5) is 48.5. The monoisotopic (exact) mass is 282 g/mol. The van der Waals surface area contributed by atoms with Crippen LogP contribution in [0.1, 0.15) is 19.3 Å². The van der Waals surface area contributed by atoms with Gasteiger partial charge in [-0.3, -0.25) is 19.2 Å². The molecule has 0 radical (unpaired) electrons. The number of nitrogens with one attached hydrogen (secondary N) is 3. The number of rotatable bonds is 0. The van der Waals surface area contributed by atoms with Gasteiger partial charge >= 0.3 is 0 Å². The van der Waals surface area contributed by atoms with Crippen molar-refractivity contribution in [1.82, 2.24) is 20.9 Å². The first kappa shape index (κ1) is 14.3. The number of carbonyl (C=O) groups is 4. The molecule has 2 heterocycles. The number of piperidine rings is 1. The Morgan fingerprint density at radius 1 is 0.850 bits per heavy atom. The summed E-state index contributed by atoms with van der Waals surface area (Å²) in [6.07, 6.45) is 2.28. The summed E-state index contributed by atoms with van der Waals surface area (Å²) in [7, 11) is 0. The quantitative estimate of drug-likeness (QED) is 0.465. The molecule has 1 atom stereocenters. The molecule has 8 nitrogen and oxygen atoms in total. The van der Waals surface area contributed by atoms with Gasteiger partial charge in [0.05, 0.1) is 19.6 Å². The van der Waals surface area contributed by atoms with Crippen LogP contribution in [0.15, 0.2) is 0 Å². The first-order valence-electron chi connectivity index (χ1n) is 6.68. The number of hydrogen-bond acceptors (Lipinski definition) is 4. The molecule has 2 saturated heterocycles. The molecule has 0 bridgehead atoms. The second kappa shape index (κ2) is 6.36. The fraction of sp³-hybridized carbons (Fsp3) is 0.667. The van der Waals surface area contributed by atoms with Crippen LogP contribution < -0.4 is 16.0 Å². The molecule has 2 rings (SSSR count). The molecule has 110 valence electrons. The Morgan fingerprint density at radius 2 is 1.50 bits per heavy atom. The molecule has 0 aromatic heterocycles. The van der Waals surface area contributed by atoms with E-state index < -0.39 is 17.9 Å². The molecule has 1 unspecified atom stereocenters. The maximum absolute atomic E-state index is 12.1. The predicted octanol–water partition coefficient (Wildman–Crippen LogP) is -2.27. The van der Waals surface area contributed by atoms with E-state index >= 15 is 0 Å². The van der Waals surface area contributed by atoms with Gasteiger partial charge in [-0.2, -0.15) is 0 Å². The lowest BCUT2D eigenvalue weighted by Gasteiger charge is -2.35. The Labute approximate surface area is 116 Å². The summed E-state index contributed by atoms with van der Waals surface area (Å²) in [5.74, 6) is -1.44. The Hall–Kier alpha value is -2.12. The van der Waals surface area contributed by atoms with Crippen molar-refractivity contribution in [2.24, 2.45) is 0 Å². The van der Waals surface area contributed by atoms with Crippen molar-refractivity contribution in [3.05, 3.63) is 0 Å². The number of carbonyl (C=O) groups excluding carboxylic acids is 4. The van der Waals surface area contributed by atoms with Crippen molar-refractivity contribution in [3.8, 4) is 0 Å². The van der Waals surface area contributed by atoms with E-state index in [0.29, 0.717) is 13.0 Å². The van der Waals surface area contributed by atoms with Crippen LogP contribution in [0.2, 0.25) is 0 Å². The summed E-state index contributed by atoms with van der Waals surface area (Å²) in [6.45, 7) is -0.0481. The number of fused-ring (bicyclic) bond motifs is 1. The molecule has 2 fully saturated rings. The third kappa shape index (κ3) is 3.46. The van der Waals surface area contributed by atoms with E-state index in [-0.39, 0.29) is 31.4 Å². The highest BCUT2D eigenvalue weighted by Crippen LogP contribution is 2.17. The standard InChI is InChI=1S/C12H18N4O4/c17-9-5-13-10(18)6-15-12(20)8-3-1-2-4-16(8)11(19)7-14-9/h8H,1-7H2,(H,13,18)(H,14,17)(H,15,20). The van der Waals surface area contributed by atoms with Gasteiger partial charge in [0.15, 0.2) is 0 Å². The second-order valence-corrected chi connectivity index (χ2v) is 4.87. The smallest absolute Gasteiger partial charge is 0.243 e. The van der Waals surface area contributed by atoms with E-state index in [0.717, 1.165) is 12.8 Å². The molecule has 8 heteroatoms. The average Bonchev–Trinajstić information content (AvgIpc) is 2.47. The van der Waals surface area contributed by atoms with Gasteiger partial charge in [-0.15, -0.1) is 0 Å².